The number of nitrogens with zero attached hydrogens (tertiary/aromatic N) is 4. The van der Waals surface area contributed by atoms with Gasteiger partial charge in [-0.1, -0.05) is 223 Å². The number of ether oxygens (including phenoxy) is 5. The summed E-state index contributed by atoms with van der Waals surface area (Å²) in [6.07, 6.45) is 18.4. The highest BCUT2D eigenvalue weighted by Gasteiger charge is 2.55. The SMILES string of the molecule is C#C[C@]1(COC(=O)CCCCCCCCCCCCC)O[C@@H](n2cnc3c(NC(c4ccccc4)(c4ccccc4)c4ccc(OC)cc4)nc(F)nc32)C[C@@H]1OC(c1ccccc1)(c1ccccc1)c1ccc(OC)cc1. The summed E-state index contributed by atoms with van der Waals surface area (Å²) in [4.78, 5) is 27.5. The first-order chi connectivity index (χ1) is 38.3. The Morgan fingerprint density at radius 1 is 0.667 bits per heavy atom. The molecule has 3 atom stereocenters. The van der Waals surface area contributed by atoms with Crippen LogP contribution < -0.4 is 14.8 Å². The van der Waals surface area contributed by atoms with Gasteiger partial charge < -0.3 is 29.0 Å². The lowest BCUT2D eigenvalue weighted by atomic mass is 9.77. The maximum absolute atomic E-state index is 16.4. The van der Waals surface area contributed by atoms with E-state index in [1.54, 1.807) is 25.1 Å². The molecule has 1 saturated heterocycles. The lowest BCUT2D eigenvalue weighted by Gasteiger charge is -2.41. The number of methoxy groups -OCH3 is 2. The Morgan fingerprint density at radius 3 is 1.63 bits per heavy atom. The zero-order valence-corrected chi connectivity index (χ0v) is 45.0. The van der Waals surface area contributed by atoms with Crippen molar-refractivity contribution in [3.8, 4) is 23.8 Å². The number of hydrogen-bond acceptors (Lipinski definition) is 10. The lowest BCUT2D eigenvalue weighted by Crippen LogP contribution is -2.49. The fourth-order valence-electron chi connectivity index (χ4n) is 10.9. The highest BCUT2D eigenvalue weighted by Crippen LogP contribution is 2.49. The number of fused-ring (bicyclic) bond motifs is 1. The molecule has 1 fully saturated rings. The van der Waals surface area contributed by atoms with Crippen molar-refractivity contribution in [1.82, 2.24) is 19.5 Å². The molecule has 11 nitrogen and oxygen atoms in total. The van der Waals surface area contributed by atoms with Crippen molar-refractivity contribution >= 4 is 23.0 Å². The van der Waals surface area contributed by atoms with Gasteiger partial charge in [0, 0.05) is 12.8 Å². The van der Waals surface area contributed by atoms with Gasteiger partial charge in [0.15, 0.2) is 22.6 Å². The second-order valence-electron chi connectivity index (χ2n) is 20.0. The first kappa shape index (κ1) is 54.9. The average Bonchev–Trinajstić information content (AvgIpc) is 4.26. The predicted molar refractivity (Wildman–Crippen MR) is 304 cm³/mol. The van der Waals surface area contributed by atoms with E-state index in [2.05, 4.69) is 28.1 Å². The van der Waals surface area contributed by atoms with Crippen LogP contribution in [-0.4, -0.2) is 58.0 Å². The van der Waals surface area contributed by atoms with Crippen LogP contribution in [0.3, 0.4) is 0 Å². The maximum Gasteiger partial charge on any atom is 0.312 e. The number of esters is 1. The van der Waals surface area contributed by atoms with E-state index in [4.69, 9.17) is 35.1 Å². The molecule has 0 radical (unpaired) electrons. The fraction of sp³-hybridized carbons (Fsp3) is 0.333. The third-order valence-corrected chi connectivity index (χ3v) is 15.1. The number of carbonyl (C=O) groups excluding carboxylic acids is 1. The number of terminal acetylenes is 1. The Morgan fingerprint density at radius 2 is 1.13 bits per heavy atom. The molecular formula is C66H70FN5O6. The molecule has 9 rings (SSSR count). The molecular weight excluding hydrogens is 978 g/mol. The number of anilines is 1. The summed E-state index contributed by atoms with van der Waals surface area (Å²) in [6.45, 7) is 1.93. The van der Waals surface area contributed by atoms with Crippen molar-refractivity contribution in [3.63, 3.8) is 0 Å². The van der Waals surface area contributed by atoms with Gasteiger partial charge in [0.25, 0.3) is 0 Å². The normalized spacial score (nSPS) is 16.4. The van der Waals surface area contributed by atoms with Crippen LogP contribution in [0.4, 0.5) is 10.2 Å². The zero-order valence-electron chi connectivity index (χ0n) is 45.0. The Balaban J connectivity index is 1.08. The summed E-state index contributed by atoms with van der Waals surface area (Å²) in [6, 6.07) is 55.2. The molecule has 0 aliphatic carbocycles. The van der Waals surface area contributed by atoms with Crippen molar-refractivity contribution < 1.29 is 32.9 Å². The van der Waals surface area contributed by atoms with Gasteiger partial charge in [-0.2, -0.15) is 14.4 Å². The van der Waals surface area contributed by atoms with Crippen molar-refractivity contribution in [2.24, 2.45) is 0 Å². The first-order valence-corrected chi connectivity index (χ1v) is 27.5. The number of aromatic nitrogens is 4. The summed E-state index contributed by atoms with van der Waals surface area (Å²) < 4.78 is 50.2. The quantitative estimate of drug-likeness (QED) is 0.0175. The van der Waals surface area contributed by atoms with Crippen LogP contribution in [0.2, 0.25) is 0 Å². The molecule has 0 amide bonds. The van der Waals surface area contributed by atoms with E-state index in [1.807, 2.05) is 170 Å². The minimum absolute atomic E-state index is 0.113. The number of rotatable bonds is 27. The summed E-state index contributed by atoms with van der Waals surface area (Å²) in [5, 5.41) is 3.70. The monoisotopic (exact) mass is 1050 g/mol. The minimum atomic E-state index is -1.66. The van der Waals surface area contributed by atoms with Gasteiger partial charge in [-0.25, -0.2) is 4.98 Å². The van der Waals surface area contributed by atoms with Crippen LogP contribution in [0.15, 0.2) is 176 Å². The molecule has 78 heavy (non-hydrogen) atoms. The summed E-state index contributed by atoms with van der Waals surface area (Å²) in [5.74, 6) is 4.05. The molecule has 1 aliphatic rings. The number of benzene rings is 6. The van der Waals surface area contributed by atoms with Gasteiger partial charge in [-0.15, -0.1) is 6.42 Å². The minimum Gasteiger partial charge on any atom is -0.497 e. The molecule has 2 aromatic heterocycles. The number of carbonyl (C=O) groups is 1. The smallest absolute Gasteiger partial charge is 0.312 e. The molecule has 0 unspecified atom stereocenters. The Kier molecular flexibility index (Phi) is 18.3. The third-order valence-electron chi connectivity index (χ3n) is 15.1. The van der Waals surface area contributed by atoms with E-state index >= 15 is 4.39 Å². The first-order valence-electron chi connectivity index (χ1n) is 27.5. The van der Waals surface area contributed by atoms with E-state index in [0.29, 0.717) is 17.9 Å². The second-order valence-corrected chi connectivity index (χ2v) is 20.0. The molecule has 12 heteroatoms. The molecule has 0 bridgehead atoms. The average molecular weight is 1050 g/mol. The van der Waals surface area contributed by atoms with Gasteiger partial charge in [0.2, 0.25) is 0 Å². The number of imidazole rings is 1. The van der Waals surface area contributed by atoms with Crippen LogP contribution in [-0.2, 0) is 30.1 Å². The van der Waals surface area contributed by atoms with Crippen molar-refractivity contribution in [1.29, 1.82) is 0 Å². The summed E-state index contributed by atoms with van der Waals surface area (Å²) in [7, 11) is 3.25. The standard InChI is InChI=1S/C66H70FN5O6/c1-5-7-8-9-10-11-12-13-14-15-28-37-59(73)76-47-64(6-2)57(77-66(52-33-24-18-25-34-52,53-35-26-19-27-36-53)54-40-44-56(75-4)45-41-54)46-58(78-64)72-48-68-60-61(69-63(67)70-62(60)72)71-65(49-29-20-16-21-30-49,50-31-22-17-23-32-50)51-38-42-55(74-3)43-39-51/h2,16-27,29-36,38-45,48,57-58H,5,7-15,28,37,46-47H2,1,3-4H3,(H,69,70,71)/t57-,58+,64+/m0/s1. The van der Waals surface area contributed by atoms with Crippen molar-refractivity contribution in [2.75, 3.05) is 26.1 Å². The molecule has 0 saturated carbocycles. The highest BCUT2D eigenvalue weighted by atomic mass is 19.1. The molecule has 8 aromatic rings. The van der Waals surface area contributed by atoms with Crippen molar-refractivity contribution in [3.05, 3.63) is 216 Å². The van der Waals surface area contributed by atoms with Gasteiger partial charge in [-0.05, 0) is 64.1 Å². The van der Waals surface area contributed by atoms with E-state index in [0.717, 1.165) is 52.6 Å². The van der Waals surface area contributed by atoms with Gasteiger partial charge in [0.05, 0.1) is 20.5 Å². The number of unbranched alkanes of at least 4 members (excludes halogenated alkanes) is 10. The van der Waals surface area contributed by atoms with E-state index < -0.39 is 35.2 Å². The number of nitrogens with one attached hydrogen (secondary N) is 1. The summed E-state index contributed by atoms with van der Waals surface area (Å²) in [5.41, 5.74) is 1.34. The van der Waals surface area contributed by atoms with Crippen LogP contribution in [0.1, 0.15) is 130 Å². The predicted octanol–water partition coefficient (Wildman–Crippen LogP) is 14.3. The lowest BCUT2D eigenvalue weighted by molar-refractivity contribution is -0.165. The van der Waals surface area contributed by atoms with E-state index in [1.165, 1.54) is 44.9 Å². The highest BCUT2D eigenvalue weighted by molar-refractivity contribution is 5.84. The Hall–Kier alpha value is -7.85. The van der Waals surface area contributed by atoms with Gasteiger partial charge >= 0.3 is 12.0 Å². The fourth-order valence-corrected chi connectivity index (χ4v) is 10.9. The summed E-state index contributed by atoms with van der Waals surface area (Å²) >= 11 is 0. The third kappa shape index (κ3) is 12.0. The number of hydrogen-bond donors (Lipinski definition) is 1. The van der Waals surface area contributed by atoms with Crippen LogP contribution in [0.5, 0.6) is 11.5 Å². The molecule has 0 spiro atoms. The molecule has 1 N–H and O–H groups in total. The van der Waals surface area contributed by atoms with Gasteiger partial charge in [0.1, 0.15) is 41.6 Å². The molecule has 1 aliphatic heterocycles. The zero-order chi connectivity index (χ0) is 54.2. The van der Waals surface area contributed by atoms with Crippen LogP contribution in [0.25, 0.3) is 11.2 Å². The largest absolute Gasteiger partial charge is 0.497 e. The number of halogens is 1. The van der Waals surface area contributed by atoms with Crippen molar-refractivity contribution in [2.45, 2.75) is 119 Å². The Bertz CT molecular complexity index is 3110. The molecule has 3 heterocycles. The van der Waals surface area contributed by atoms with E-state index in [-0.39, 0.29) is 42.4 Å². The second kappa shape index (κ2) is 26.0. The van der Waals surface area contributed by atoms with Crippen LogP contribution in [0, 0.1) is 18.4 Å². The maximum atomic E-state index is 16.4. The van der Waals surface area contributed by atoms with Gasteiger partial charge in [-0.3, -0.25) is 9.36 Å². The van der Waals surface area contributed by atoms with Crippen LogP contribution >= 0.6 is 0 Å². The topological polar surface area (TPSA) is 119 Å². The Labute approximate surface area is 458 Å². The molecule has 402 valence electrons. The van der Waals surface area contributed by atoms with E-state index in [9.17, 15) is 4.79 Å². The molecule has 6 aromatic carbocycles.